The molecule has 4 aromatic rings. The summed E-state index contributed by atoms with van der Waals surface area (Å²) in [4.78, 5) is 4.36. The first-order valence-corrected chi connectivity index (χ1v) is 26.8. The largest absolute Gasteiger partial charge is 0.408 e. The third-order valence-corrected chi connectivity index (χ3v) is 13.1. The van der Waals surface area contributed by atoms with Crippen LogP contribution >= 0.6 is 50.7 Å². The molecule has 0 bridgehead atoms. The van der Waals surface area contributed by atoms with Gasteiger partial charge in [0.15, 0.2) is 0 Å². The maximum atomic E-state index is 14.3. The van der Waals surface area contributed by atoms with Crippen LogP contribution in [0.4, 0.5) is 22.0 Å². The average molecular weight is 1030 g/mol. The number of hydrogen-bond donors (Lipinski definition) is 0. The van der Waals surface area contributed by atoms with Gasteiger partial charge in [0.1, 0.15) is 27.1 Å². The molecule has 0 radical (unpaired) electrons. The molecule has 1 aliphatic carbocycles. The summed E-state index contributed by atoms with van der Waals surface area (Å²) in [5, 5.41) is 5.01. The summed E-state index contributed by atoms with van der Waals surface area (Å²) in [7, 11) is -1.56. The van der Waals surface area contributed by atoms with Crippen LogP contribution in [-0.2, 0) is 29.2 Å². The van der Waals surface area contributed by atoms with Gasteiger partial charge in [0.2, 0.25) is 0 Å². The van der Waals surface area contributed by atoms with Crippen molar-refractivity contribution < 1.29 is 22.0 Å². The van der Waals surface area contributed by atoms with Crippen LogP contribution in [0.1, 0.15) is 139 Å². The van der Waals surface area contributed by atoms with Crippen LogP contribution in [0.3, 0.4) is 0 Å². The first-order valence-electron chi connectivity index (χ1n) is 21.4. The number of aromatic nitrogens is 3. The van der Waals surface area contributed by atoms with E-state index < -0.39 is 20.8 Å². The second-order valence-electron chi connectivity index (χ2n) is 22.9. The summed E-state index contributed by atoms with van der Waals surface area (Å²) in [5.41, 5.74) is 3.60. The van der Waals surface area contributed by atoms with E-state index in [-0.39, 0.29) is 42.7 Å². The van der Waals surface area contributed by atoms with Crippen LogP contribution in [0.15, 0.2) is 71.5 Å². The van der Waals surface area contributed by atoms with Gasteiger partial charge in [-0.1, -0.05) is 171 Å². The summed E-state index contributed by atoms with van der Waals surface area (Å²) in [6.07, 6.45) is -0.0258. The van der Waals surface area contributed by atoms with Crippen LogP contribution in [0, 0.1) is 28.4 Å². The Labute approximate surface area is 401 Å². The molecular weight excluding hydrogens is 952 g/mol. The summed E-state index contributed by atoms with van der Waals surface area (Å²) in [5.74, 6) is 0.277. The van der Waals surface area contributed by atoms with Crippen molar-refractivity contribution in [2.75, 3.05) is 0 Å². The van der Waals surface area contributed by atoms with Gasteiger partial charge in [-0.15, -0.1) is 23.2 Å². The Morgan fingerprint density at radius 1 is 0.698 bits per heavy atom. The van der Waals surface area contributed by atoms with E-state index in [0.717, 1.165) is 38.6 Å². The van der Waals surface area contributed by atoms with E-state index in [0.29, 0.717) is 29.0 Å². The van der Waals surface area contributed by atoms with Crippen LogP contribution in [-0.4, -0.2) is 33.3 Å². The number of nitrogens with zero attached hydrogens (tertiary/aromatic N) is 3. The fraction of sp³-hybridized carbons (Fsp3) is 0.600. The Bertz CT molecular complexity index is 1990. The van der Waals surface area contributed by atoms with Crippen LogP contribution in [0.5, 0.6) is 0 Å². The lowest BCUT2D eigenvalue weighted by molar-refractivity contribution is -0.142. The van der Waals surface area contributed by atoms with Crippen molar-refractivity contribution in [1.29, 1.82) is 0 Å². The number of hydrogen-bond acceptors (Lipinski definition) is 2. The van der Waals surface area contributed by atoms with Gasteiger partial charge in [-0.05, 0) is 97.9 Å². The Morgan fingerprint density at radius 2 is 1.21 bits per heavy atom. The molecule has 0 amide bonds. The predicted molar refractivity (Wildman–Crippen MR) is 267 cm³/mol. The van der Waals surface area contributed by atoms with E-state index in [1.54, 1.807) is 24.3 Å². The predicted octanol–water partition coefficient (Wildman–Crippen LogP) is 17.2. The summed E-state index contributed by atoms with van der Waals surface area (Å²) in [6, 6.07) is 18.6. The van der Waals surface area contributed by atoms with E-state index in [1.807, 2.05) is 57.2 Å². The highest BCUT2D eigenvalue weighted by Crippen LogP contribution is 2.57. The third-order valence-electron chi connectivity index (χ3n) is 9.42. The van der Waals surface area contributed by atoms with Crippen molar-refractivity contribution in [2.45, 2.75) is 176 Å². The molecule has 1 fully saturated rings. The number of alkyl halides is 5. The molecule has 13 heteroatoms. The van der Waals surface area contributed by atoms with E-state index in [1.165, 1.54) is 6.20 Å². The zero-order valence-electron chi connectivity index (χ0n) is 41.0. The number of benzene rings is 2. The lowest BCUT2D eigenvalue weighted by Gasteiger charge is -2.25. The Kier molecular flexibility index (Phi) is 21.2. The molecule has 2 aromatic heterocycles. The molecule has 1 saturated carbocycles. The fourth-order valence-corrected chi connectivity index (χ4v) is 8.49. The minimum Gasteiger partial charge on any atom is -0.263 e. The fourth-order valence-electron chi connectivity index (χ4n) is 6.04. The van der Waals surface area contributed by atoms with Crippen LogP contribution < -0.4 is 5.19 Å². The Hall–Kier alpha value is -1.98. The van der Waals surface area contributed by atoms with Crippen molar-refractivity contribution in [3.05, 3.63) is 111 Å². The molecule has 356 valence electrons. The quantitative estimate of drug-likeness (QED) is 0.0883. The zero-order chi connectivity index (χ0) is 49.4. The van der Waals surface area contributed by atoms with Crippen molar-refractivity contribution >= 4 is 64.0 Å². The topological polar surface area (TPSA) is 30.7 Å². The van der Waals surface area contributed by atoms with Crippen molar-refractivity contribution in [2.24, 2.45) is 16.7 Å². The minimum absolute atomic E-state index is 0.0177. The molecule has 2 aromatic carbocycles. The first kappa shape index (κ1) is 59.0. The number of pyridine rings is 1. The number of halogens is 9. The normalized spacial score (nSPS) is 15.3. The molecule has 0 N–H and O–H groups in total. The van der Waals surface area contributed by atoms with Gasteiger partial charge in [0.05, 0.1) is 18.8 Å². The third kappa shape index (κ3) is 23.3. The van der Waals surface area contributed by atoms with E-state index in [2.05, 4.69) is 129 Å². The van der Waals surface area contributed by atoms with Crippen molar-refractivity contribution in [1.82, 2.24) is 14.8 Å². The van der Waals surface area contributed by atoms with Gasteiger partial charge < -0.3 is 0 Å². The summed E-state index contributed by atoms with van der Waals surface area (Å²) >= 11 is 20.8. The lowest BCUT2D eigenvalue weighted by Crippen LogP contribution is -2.41. The highest BCUT2D eigenvalue weighted by atomic mass is 79.9. The van der Waals surface area contributed by atoms with Crippen molar-refractivity contribution in [3.8, 4) is 0 Å². The monoisotopic (exact) mass is 1020 g/mol. The van der Waals surface area contributed by atoms with Crippen LogP contribution in [0.25, 0.3) is 0 Å². The second kappa shape index (κ2) is 22.7. The van der Waals surface area contributed by atoms with Gasteiger partial charge in [0, 0.05) is 22.7 Å². The molecule has 2 heterocycles. The standard InChI is InChI=1S/C13H21FSi.C11H14ClF.C9H12BrN.C9H13F3N2.C8H14Cl2/c1-13(2,3)10-8-7-9-11(12(10)14)15(4,5)6;1-11(2,3)7-8-5-4-6-9(12)10(8)13;1-9(2,3)7-5-4-6-8(10)11-7;1-8(2,3)7-4-5-14(13-7)6-9(10,11)12;1-7(2,3)4-6-5-8(6,9)10/h7-9H,1-6H3;4-6H,7H2,1-3H3;4-6H,1-3H3;4-5H,6H2,1-3H3;6H,4-5H2,1-3H3. The van der Waals surface area contributed by atoms with Gasteiger partial charge in [0.25, 0.3) is 0 Å². The maximum absolute atomic E-state index is 14.3. The summed E-state index contributed by atoms with van der Waals surface area (Å²) < 4.78 is 65.1. The molecule has 1 atom stereocenters. The van der Waals surface area contributed by atoms with Gasteiger partial charge >= 0.3 is 6.18 Å². The Balaban J connectivity index is 0.000000396. The van der Waals surface area contributed by atoms with E-state index in [4.69, 9.17) is 34.8 Å². The molecule has 63 heavy (non-hydrogen) atoms. The first-order chi connectivity index (χ1) is 28.0. The molecular formula is C50H74BrCl3F5N3Si. The highest BCUT2D eigenvalue weighted by Gasteiger charge is 2.52. The average Bonchev–Trinajstić information content (AvgIpc) is 3.39. The highest BCUT2D eigenvalue weighted by molar-refractivity contribution is 9.10. The van der Waals surface area contributed by atoms with Crippen LogP contribution in [0.2, 0.25) is 24.7 Å². The minimum atomic E-state index is -4.21. The molecule has 5 rings (SSSR count). The number of rotatable bonds is 4. The van der Waals surface area contributed by atoms with Gasteiger partial charge in [-0.3, -0.25) is 4.68 Å². The molecule has 0 aliphatic heterocycles. The molecule has 1 aliphatic rings. The lowest BCUT2D eigenvalue weighted by atomic mass is 9.87. The molecule has 3 nitrogen and oxygen atoms in total. The summed E-state index contributed by atoms with van der Waals surface area (Å²) in [6.45, 7) is 36.8. The SMILES string of the molecule is CC(C)(C)CC1CC1(Cl)Cl.CC(C)(C)Cc1cccc(Cl)c1F.CC(C)(C)c1cccc(Br)n1.CC(C)(C)c1cccc([Si](C)(C)C)c1F.CC(C)(C)c1ccn(CC(F)(F)F)n1. The second-order valence-corrected chi connectivity index (χ2v) is 30.7. The molecule has 0 spiro atoms. The molecule has 1 unspecified atom stereocenters. The van der Waals surface area contributed by atoms with Gasteiger partial charge in [-0.2, -0.15) is 18.3 Å². The zero-order valence-corrected chi connectivity index (χ0v) is 45.9. The van der Waals surface area contributed by atoms with E-state index >= 15 is 0 Å². The molecule has 0 saturated heterocycles. The van der Waals surface area contributed by atoms with Gasteiger partial charge in [-0.25, -0.2) is 13.8 Å². The smallest absolute Gasteiger partial charge is 0.263 e. The van der Waals surface area contributed by atoms with E-state index in [9.17, 15) is 22.0 Å². The van der Waals surface area contributed by atoms with Crippen molar-refractivity contribution in [3.63, 3.8) is 0 Å². The Morgan fingerprint density at radius 3 is 1.57 bits per heavy atom. The maximum Gasteiger partial charge on any atom is 0.408 e.